The van der Waals surface area contributed by atoms with Gasteiger partial charge in [-0.25, -0.2) is 15.0 Å². The highest BCUT2D eigenvalue weighted by Crippen LogP contribution is 2.42. The van der Waals surface area contributed by atoms with Crippen molar-refractivity contribution in [3.8, 4) is 44.9 Å². The number of nitrogens with zero attached hydrogens (tertiary/aromatic N) is 3. The largest absolute Gasteiger partial charge is 0.246 e. The molecule has 4 heteroatoms. The number of rotatable bonds is 4. The lowest BCUT2D eigenvalue weighted by atomic mass is 9.95. The van der Waals surface area contributed by atoms with Gasteiger partial charge >= 0.3 is 0 Å². The summed E-state index contributed by atoms with van der Waals surface area (Å²) in [7, 11) is 0. The van der Waals surface area contributed by atoms with Crippen molar-refractivity contribution in [2.45, 2.75) is 4.90 Å². The first-order valence-corrected chi connectivity index (χ1v) is 16.1. The van der Waals surface area contributed by atoms with E-state index in [1.165, 1.54) is 0 Å². The summed E-state index contributed by atoms with van der Waals surface area (Å²) in [5.41, 5.74) is 10.7. The van der Waals surface area contributed by atoms with Gasteiger partial charge in [-0.05, 0) is 29.1 Å². The zero-order chi connectivity index (χ0) is 31.3. The minimum absolute atomic E-state index is 0.846. The number of pyridine rings is 3. The number of hydrogen-bond acceptors (Lipinski definition) is 4. The van der Waals surface area contributed by atoms with Crippen molar-refractivity contribution < 1.29 is 0 Å². The first-order valence-electron chi connectivity index (χ1n) is 15.7. The van der Waals surface area contributed by atoms with Gasteiger partial charge in [-0.3, -0.25) is 0 Å². The van der Waals surface area contributed by atoms with E-state index in [0.29, 0.717) is 0 Å². The van der Waals surface area contributed by atoms with Crippen molar-refractivity contribution in [2.75, 3.05) is 0 Å². The molecule has 0 saturated heterocycles. The van der Waals surface area contributed by atoms with Crippen LogP contribution in [0.4, 0.5) is 0 Å². The van der Waals surface area contributed by atoms with E-state index >= 15 is 0 Å². The third-order valence-corrected chi connectivity index (χ3v) is 9.37. The highest BCUT2D eigenvalue weighted by molar-refractivity contribution is 7.80. The number of thiol groups is 1. The Kier molecular flexibility index (Phi) is 6.54. The van der Waals surface area contributed by atoms with E-state index in [0.717, 1.165) is 93.3 Å². The number of benzene rings is 6. The molecule has 0 spiro atoms. The van der Waals surface area contributed by atoms with Crippen molar-refractivity contribution in [1.82, 2.24) is 15.0 Å². The molecule has 0 N–H and O–H groups in total. The quantitative estimate of drug-likeness (QED) is 0.158. The Morgan fingerprint density at radius 3 is 1.64 bits per heavy atom. The molecule has 0 unspecified atom stereocenters. The molecule has 0 saturated carbocycles. The van der Waals surface area contributed by atoms with Gasteiger partial charge < -0.3 is 0 Å². The molecular formula is C43H27N3S. The second-order valence-corrected chi connectivity index (χ2v) is 12.2. The van der Waals surface area contributed by atoms with Crippen LogP contribution in [-0.2, 0) is 0 Å². The fraction of sp³-hybridized carbons (Fsp3) is 0. The highest BCUT2D eigenvalue weighted by atomic mass is 32.1. The van der Waals surface area contributed by atoms with Crippen molar-refractivity contribution in [1.29, 1.82) is 0 Å². The maximum Gasteiger partial charge on any atom is 0.0972 e. The third-order valence-electron chi connectivity index (χ3n) is 8.94. The number of aromatic nitrogens is 3. The highest BCUT2D eigenvalue weighted by Gasteiger charge is 2.18. The summed E-state index contributed by atoms with van der Waals surface area (Å²) in [6.07, 6.45) is 0. The van der Waals surface area contributed by atoms with Crippen molar-refractivity contribution in [3.63, 3.8) is 0 Å². The normalized spacial score (nSPS) is 11.5. The summed E-state index contributed by atoms with van der Waals surface area (Å²) in [5.74, 6) is 0. The summed E-state index contributed by atoms with van der Waals surface area (Å²) in [6.45, 7) is 0. The molecule has 0 fully saturated rings. The number of fused-ring (bicyclic) bond motifs is 6. The van der Waals surface area contributed by atoms with Gasteiger partial charge in [0.1, 0.15) is 0 Å². The molecule has 0 aliphatic carbocycles. The average molecular weight is 618 g/mol. The Hall–Kier alpha value is -5.84. The second-order valence-electron chi connectivity index (χ2n) is 11.8. The summed E-state index contributed by atoms with van der Waals surface area (Å²) in [4.78, 5) is 16.5. The summed E-state index contributed by atoms with van der Waals surface area (Å²) in [6, 6.07) is 54.7. The Bertz CT molecular complexity index is 2630. The zero-order valence-corrected chi connectivity index (χ0v) is 26.2. The standard InChI is InChI=1S/C43H27N3S/c47-43-38(29-13-5-2-6-14-29)35-23-20-27-10-7-8-17-34(27)42(35)46-41(43)33-16-9-15-32(26-33)37-25-22-31-19-18-30-21-24-36(28-11-3-1-4-12-28)44-39(30)40(31)45-37/h1-26,47H. The van der Waals surface area contributed by atoms with Crippen LogP contribution in [0.2, 0.25) is 0 Å². The van der Waals surface area contributed by atoms with Gasteiger partial charge in [0, 0.05) is 48.7 Å². The number of hydrogen-bond donors (Lipinski definition) is 1. The Morgan fingerprint density at radius 2 is 0.915 bits per heavy atom. The molecule has 0 radical (unpaired) electrons. The molecule has 3 heterocycles. The SMILES string of the molecule is Sc1c(-c2cccc(-c3ccc4ccc5ccc(-c6ccccc6)nc5c4n3)c2)nc2c(ccc3ccccc32)c1-c1ccccc1. The van der Waals surface area contributed by atoms with Crippen molar-refractivity contribution in [3.05, 3.63) is 158 Å². The molecule has 0 amide bonds. The molecule has 9 aromatic rings. The minimum Gasteiger partial charge on any atom is -0.246 e. The van der Waals surface area contributed by atoms with Gasteiger partial charge in [-0.15, -0.1) is 12.6 Å². The van der Waals surface area contributed by atoms with E-state index < -0.39 is 0 Å². The monoisotopic (exact) mass is 617 g/mol. The molecule has 6 aromatic carbocycles. The predicted octanol–water partition coefficient (Wildman–Crippen LogP) is 11.4. The van der Waals surface area contributed by atoms with Crippen LogP contribution < -0.4 is 0 Å². The van der Waals surface area contributed by atoms with Crippen LogP contribution in [0, 0.1) is 0 Å². The lowest BCUT2D eigenvalue weighted by Crippen LogP contribution is -1.95. The summed E-state index contributed by atoms with van der Waals surface area (Å²) in [5, 5.41) is 5.50. The van der Waals surface area contributed by atoms with Gasteiger partial charge in [0.2, 0.25) is 0 Å². The van der Waals surface area contributed by atoms with Crippen LogP contribution in [0.3, 0.4) is 0 Å². The molecule has 0 aliphatic rings. The topological polar surface area (TPSA) is 38.7 Å². The van der Waals surface area contributed by atoms with Crippen LogP contribution in [-0.4, -0.2) is 15.0 Å². The lowest BCUT2D eigenvalue weighted by molar-refractivity contribution is 1.31. The van der Waals surface area contributed by atoms with Gasteiger partial charge in [-0.1, -0.05) is 140 Å². The molecule has 9 rings (SSSR count). The summed E-state index contributed by atoms with van der Waals surface area (Å²) >= 11 is 5.17. The Balaban J connectivity index is 1.23. The molecule has 0 aliphatic heterocycles. The fourth-order valence-electron chi connectivity index (χ4n) is 6.61. The average Bonchev–Trinajstić information content (AvgIpc) is 3.14. The smallest absolute Gasteiger partial charge is 0.0972 e. The third kappa shape index (κ3) is 4.73. The van der Waals surface area contributed by atoms with E-state index in [-0.39, 0.29) is 0 Å². The van der Waals surface area contributed by atoms with E-state index in [1.807, 2.05) is 24.3 Å². The molecule has 3 aromatic heterocycles. The van der Waals surface area contributed by atoms with E-state index in [1.54, 1.807) is 0 Å². The van der Waals surface area contributed by atoms with Crippen LogP contribution in [0.15, 0.2) is 163 Å². The maximum atomic E-state index is 5.32. The van der Waals surface area contributed by atoms with E-state index in [9.17, 15) is 0 Å². The lowest BCUT2D eigenvalue weighted by Gasteiger charge is -2.16. The zero-order valence-electron chi connectivity index (χ0n) is 25.3. The first kappa shape index (κ1) is 27.5. The van der Waals surface area contributed by atoms with Crippen molar-refractivity contribution in [2.24, 2.45) is 0 Å². The van der Waals surface area contributed by atoms with Gasteiger partial charge in [0.15, 0.2) is 0 Å². The Labute approximate surface area is 277 Å². The van der Waals surface area contributed by atoms with Crippen LogP contribution in [0.25, 0.3) is 88.4 Å². The second kappa shape index (κ2) is 11.2. The molecular weight excluding hydrogens is 591 g/mol. The van der Waals surface area contributed by atoms with Gasteiger partial charge in [0.25, 0.3) is 0 Å². The minimum atomic E-state index is 0.846. The van der Waals surface area contributed by atoms with Crippen LogP contribution in [0.1, 0.15) is 0 Å². The first-order chi connectivity index (χ1) is 23.2. The Morgan fingerprint density at radius 1 is 0.362 bits per heavy atom. The van der Waals surface area contributed by atoms with E-state index in [2.05, 4.69) is 133 Å². The van der Waals surface area contributed by atoms with Crippen LogP contribution >= 0.6 is 12.6 Å². The molecule has 220 valence electrons. The predicted molar refractivity (Wildman–Crippen MR) is 199 cm³/mol. The van der Waals surface area contributed by atoms with Crippen molar-refractivity contribution >= 4 is 56.1 Å². The van der Waals surface area contributed by atoms with Gasteiger partial charge in [-0.2, -0.15) is 0 Å². The van der Waals surface area contributed by atoms with Crippen LogP contribution in [0.5, 0.6) is 0 Å². The summed E-state index contributed by atoms with van der Waals surface area (Å²) < 4.78 is 0. The molecule has 3 nitrogen and oxygen atoms in total. The molecule has 0 bridgehead atoms. The fourth-order valence-corrected chi connectivity index (χ4v) is 7.04. The van der Waals surface area contributed by atoms with E-state index in [4.69, 9.17) is 27.6 Å². The molecule has 47 heavy (non-hydrogen) atoms. The maximum absolute atomic E-state index is 5.32. The molecule has 0 atom stereocenters. The van der Waals surface area contributed by atoms with Gasteiger partial charge in [0.05, 0.1) is 33.6 Å².